The number of hydrogen-bond acceptors (Lipinski definition) is 4. The van der Waals surface area contributed by atoms with Crippen molar-refractivity contribution in [2.75, 3.05) is 6.61 Å². The van der Waals surface area contributed by atoms with Crippen LogP contribution in [-0.4, -0.2) is 46.1 Å². The molecule has 73 heavy (non-hydrogen) atoms. The quantitative estimate of drug-likeness (QED) is 0.0361. The van der Waals surface area contributed by atoms with Gasteiger partial charge in [-0.25, -0.2) is 0 Å². The van der Waals surface area contributed by atoms with E-state index >= 15 is 0 Å². The maximum Gasteiger partial charge on any atom is 0.249 e. The second-order valence-corrected chi connectivity index (χ2v) is 22.7. The molecule has 0 aromatic carbocycles. The van der Waals surface area contributed by atoms with Crippen LogP contribution in [0.15, 0.2) is 48.6 Å². The molecule has 0 bridgehead atoms. The molecule has 0 rings (SSSR count). The molecule has 0 aliphatic rings. The predicted molar refractivity (Wildman–Crippen MR) is 324 cm³/mol. The molecule has 0 aromatic rings. The summed E-state index contributed by atoms with van der Waals surface area (Å²) in [5.74, 6) is -0.512. The Hall–Kier alpha value is -1.69. The van der Waals surface area contributed by atoms with Gasteiger partial charge in [-0.15, -0.1) is 0 Å². The van der Waals surface area contributed by atoms with Crippen LogP contribution in [0, 0.1) is 0 Å². The lowest BCUT2D eigenvalue weighted by molar-refractivity contribution is -0.131. The molecule has 5 nitrogen and oxygen atoms in total. The predicted octanol–water partition coefficient (Wildman–Crippen LogP) is 21.1. The number of carbonyl (C=O) groups excluding carboxylic acids is 1. The summed E-state index contributed by atoms with van der Waals surface area (Å²) in [5, 5.41) is 33.4. The Morgan fingerprint density at radius 1 is 0.329 bits per heavy atom. The highest BCUT2D eigenvalue weighted by Crippen LogP contribution is 2.18. The largest absolute Gasteiger partial charge is 0.394 e. The lowest BCUT2D eigenvalue weighted by Crippen LogP contribution is -2.48. The lowest BCUT2D eigenvalue weighted by Gasteiger charge is -2.21. The van der Waals surface area contributed by atoms with Crippen molar-refractivity contribution in [3.8, 4) is 0 Å². The summed E-state index contributed by atoms with van der Waals surface area (Å²) in [4.78, 5) is 12.6. The number of carbonyl (C=O) groups is 1. The third-order valence-corrected chi connectivity index (χ3v) is 15.4. The molecule has 0 saturated heterocycles. The SMILES string of the molecule is CCCCCCCCCCCCCCCC/C=C\CCCCCCCCCCCCCCCCCCC(O)C(=O)NC(CO)C(O)/C=C/CC/C=C/CC/C=C/CCCCCCCCCCCCCCCCC. The smallest absolute Gasteiger partial charge is 0.249 e. The van der Waals surface area contributed by atoms with E-state index in [0.29, 0.717) is 6.42 Å². The van der Waals surface area contributed by atoms with Crippen molar-refractivity contribution in [3.63, 3.8) is 0 Å². The van der Waals surface area contributed by atoms with Gasteiger partial charge < -0.3 is 20.6 Å². The molecule has 3 unspecified atom stereocenters. The topological polar surface area (TPSA) is 89.8 Å². The van der Waals surface area contributed by atoms with E-state index in [1.807, 2.05) is 6.08 Å². The van der Waals surface area contributed by atoms with Crippen molar-refractivity contribution < 1.29 is 20.1 Å². The van der Waals surface area contributed by atoms with Gasteiger partial charge in [0, 0.05) is 0 Å². The molecule has 0 aromatic heterocycles. The average Bonchev–Trinajstić information content (AvgIpc) is 3.40. The Morgan fingerprint density at radius 2 is 0.562 bits per heavy atom. The van der Waals surface area contributed by atoms with Gasteiger partial charge in [0.2, 0.25) is 5.91 Å². The summed E-state index contributed by atoms with van der Waals surface area (Å²) in [5.41, 5.74) is 0. The minimum absolute atomic E-state index is 0.380. The number of unbranched alkanes of at least 4 members (excludes halogenated alkanes) is 47. The average molecular weight is 1020 g/mol. The van der Waals surface area contributed by atoms with Crippen LogP contribution >= 0.6 is 0 Å². The van der Waals surface area contributed by atoms with Crippen LogP contribution in [0.5, 0.6) is 0 Å². The number of hydrogen-bond donors (Lipinski definition) is 4. The zero-order chi connectivity index (χ0) is 52.9. The van der Waals surface area contributed by atoms with Crippen molar-refractivity contribution in [3.05, 3.63) is 48.6 Å². The zero-order valence-electron chi connectivity index (χ0n) is 49.3. The van der Waals surface area contributed by atoms with Gasteiger partial charge in [0.15, 0.2) is 0 Å². The number of aliphatic hydroxyl groups excluding tert-OH is 3. The summed E-state index contributed by atoms with van der Waals surface area (Å²) in [6.45, 7) is 4.21. The number of amides is 1. The van der Waals surface area contributed by atoms with E-state index in [0.717, 1.165) is 44.9 Å². The molecule has 0 saturated carbocycles. The first kappa shape index (κ1) is 71.3. The van der Waals surface area contributed by atoms with Crippen LogP contribution in [0.1, 0.15) is 354 Å². The number of nitrogens with one attached hydrogen (secondary N) is 1. The minimum Gasteiger partial charge on any atom is -0.394 e. The Balaban J connectivity index is 3.55. The first-order valence-electron chi connectivity index (χ1n) is 33.0. The number of aliphatic hydroxyl groups is 3. The second-order valence-electron chi connectivity index (χ2n) is 22.7. The summed E-state index contributed by atoms with van der Waals surface area (Å²) in [6.07, 6.45) is 85.3. The molecule has 0 spiro atoms. The van der Waals surface area contributed by atoms with Gasteiger partial charge in [0.1, 0.15) is 6.10 Å². The third-order valence-electron chi connectivity index (χ3n) is 15.4. The van der Waals surface area contributed by atoms with E-state index < -0.39 is 24.2 Å². The maximum atomic E-state index is 12.6. The van der Waals surface area contributed by atoms with E-state index in [9.17, 15) is 20.1 Å². The molecule has 4 N–H and O–H groups in total. The molecule has 3 atom stereocenters. The van der Waals surface area contributed by atoms with Crippen molar-refractivity contribution in [1.29, 1.82) is 0 Å². The summed E-state index contributed by atoms with van der Waals surface area (Å²) in [6, 6.07) is -0.823. The Bertz CT molecular complexity index is 1180. The van der Waals surface area contributed by atoms with Gasteiger partial charge in [-0.1, -0.05) is 332 Å². The molecule has 430 valence electrons. The number of allylic oxidation sites excluding steroid dienone is 7. The van der Waals surface area contributed by atoms with Crippen LogP contribution in [0.3, 0.4) is 0 Å². The van der Waals surface area contributed by atoms with Crippen LogP contribution in [0.25, 0.3) is 0 Å². The molecule has 0 heterocycles. The third kappa shape index (κ3) is 57.8. The molecule has 5 heteroatoms. The second kappa shape index (κ2) is 62.8. The first-order chi connectivity index (χ1) is 36.1. The Morgan fingerprint density at radius 3 is 0.836 bits per heavy atom. The summed E-state index contributed by atoms with van der Waals surface area (Å²) < 4.78 is 0. The van der Waals surface area contributed by atoms with Crippen molar-refractivity contribution in [1.82, 2.24) is 5.32 Å². The molecule has 0 fully saturated rings. The van der Waals surface area contributed by atoms with Gasteiger partial charge in [-0.2, -0.15) is 0 Å². The monoisotopic (exact) mass is 1020 g/mol. The highest BCUT2D eigenvalue weighted by Gasteiger charge is 2.22. The lowest BCUT2D eigenvalue weighted by atomic mass is 10.0. The van der Waals surface area contributed by atoms with Crippen LogP contribution in [-0.2, 0) is 4.79 Å². The molecule has 1 amide bonds. The van der Waals surface area contributed by atoms with E-state index in [1.54, 1.807) is 6.08 Å². The standard InChI is InChI=1S/C68H129NO4/c1-3-5-7-9-11-13-15-17-19-21-23-25-27-29-30-31-32-33-34-35-36-37-39-41-43-45-47-49-51-53-55-57-59-61-63-67(72)68(73)69-65(64-70)66(71)62-60-58-56-54-52-50-48-46-44-42-40-38-28-26-24-22-20-18-16-14-12-10-8-6-4-2/h31-32,44,46,52,54,60,62,65-67,70-72H,3-30,33-43,45,47-51,53,55-59,61,63-64H2,1-2H3,(H,69,73)/b32-31-,46-44+,54-52+,62-60+. The van der Waals surface area contributed by atoms with Crippen LogP contribution in [0.2, 0.25) is 0 Å². The molecule has 0 radical (unpaired) electrons. The highest BCUT2D eigenvalue weighted by molar-refractivity contribution is 5.80. The fourth-order valence-electron chi connectivity index (χ4n) is 10.3. The van der Waals surface area contributed by atoms with Gasteiger partial charge >= 0.3 is 0 Å². The molecule has 0 aliphatic heterocycles. The maximum absolute atomic E-state index is 12.6. The minimum atomic E-state index is -1.11. The number of rotatable bonds is 61. The van der Waals surface area contributed by atoms with E-state index in [1.165, 1.54) is 289 Å². The normalized spacial score (nSPS) is 13.4. The highest BCUT2D eigenvalue weighted by atomic mass is 16.3. The molecular formula is C68H129NO4. The van der Waals surface area contributed by atoms with Crippen molar-refractivity contribution in [2.24, 2.45) is 0 Å². The van der Waals surface area contributed by atoms with Crippen LogP contribution < -0.4 is 5.32 Å². The first-order valence-corrected chi connectivity index (χ1v) is 33.0. The molecule has 0 aliphatic carbocycles. The van der Waals surface area contributed by atoms with E-state index in [-0.39, 0.29) is 6.61 Å². The van der Waals surface area contributed by atoms with Crippen LogP contribution in [0.4, 0.5) is 0 Å². The van der Waals surface area contributed by atoms with E-state index in [2.05, 4.69) is 55.6 Å². The van der Waals surface area contributed by atoms with E-state index in [4.69, 9.17) is 0 Å². The van der Waals surface area contributed by atoms with Gasteiger partial charge in [0.25, 0.3) is 0 Å². The fraction of sp³-hybridized carbons (Fsp3) is 0.868. The van der Waals surface area contributed by atoms with Crippen molar-refractivity contribution >= 4 is 5.91 Å². The molecular weight excluding hydrogens is 895 g/mol. The zero-order valence-corrected chi connectivity index (χ0v) is 49.3. The van der Waals surface area contributed by atoms with Crippen molar-refractivity contribution in [2.45, 2.75) is 372 Å². The Kier molecular flexibility index (Phi) is 61.4. The Labute approximate surface area is 457 Å². The summed E-state index contributed by atoms with van der Waals surface area (Å²) >= 11 is 0. The van der Waals surface area contributed by atoms with Gasteiger partial charge in [-0.3, -0.25) is 4.79 Å². The fourth-order valence-corrected chi connectivity index (χ4v) is 10.3. The van der Waals surface area contributed by atoms with Gasteiger partial charge in [-0.05, 0) is 70.6 Å². The summed E-state index contributed by atoms with van der Waals surface area (Å²) in [7, 11) is 0. The van der Waals surface area contributed by atoms with Gasteiger partial charge in [0.05, 0.1) is 18.8 Å².